The number of hydrogen-bond acceptors (Lipinski definition) is 4. The van der Waals surface area contributed by atoms with E-state index in [1.54, 1.807) is 0 Å². The number of benzene rings is 2. The van der Waals surface area contributed by atoms with Crippen LogP contribution >= 0.6 is 15.9 Å². The van der Waals surface area contributed by atoms with Crippen molar-refractivity contribution in [1.29, 1.82) is 0 Å². The molecule has 1 atom stereocenters. The molecule has 0 saturated carbocycles. The summed E-state index contributed by atoms with van der Waals surface area (Å²) in [5, 5.41) is 3.43. The molecule has 0 aliphatic carbocycles. The number of halogens is 1. The monoisotopic (exact) mass is 374 g/mol. The van der Waals surface area contributed by atoms with Crippen LogP contribution in [0.15, 0.2) is 46.9 Å². The lowest BCUT2D eigenvalue weighted by Crippen LogP contribution is -2.45. The average molecular weight is 375 g/mol. The minimum Gasteiger partial charge on any atom is -0.454 e. The zero-order valence-electron chi connectivity index (χ0n) is 12.8. The summed E-state index contributed by atoms with van der Waals surface area (Å²) in [7, 11) is 0. The van der Waals surface area contributed by atoms with Gasteiger partial charge < -0.3 is 14.8 Å². The molecular formula is C18H19BrN2O2. The topological polar surface area (TPSA) is 33.7 Å². The molecule has 23 heavy (non-hydrogen) atoms. The van der Waals surface area contributed by atoms with E-state index in [1.165, 1.54) is 11.1 Å². The summed E-state index contributed by atoms with van der Waals surface area (Å²) in [5.41, 5.74) is 2.55. The summed E-state index contributed by atoms with van der Waals surface area (Å²) in [5.74, 6) is 1.68. The molecule has 120 valence electrons. The van der Waals surface area contributed by atoms with E-state index in [0.29, 0.717) is 6.79 Å². The molecule has 0 bridgehead atoms. The van der Waals surface area contributed by atoms with Gasteiger partial charge in [-0.05, 0) is 35.4 Å². The second-order valence-electron chi connectivity index (χ2n) is 5.85. The molecule has 0 radical (unpaired) electrons. The van der Waals surface area contributed by atoms with Crippen LogP contribution in [0.3, 0.4) is 0 Å². The Hall–Kier alpha value is -1.56. The second-order valence-corrected chi connectivity index (χ2v) is 6.77. The van der Waals surface area contributed by atoms with Crippen molar-refractivity contribution >= 4 is 15.9 Å². The van der Waals surface area contributed by atoms with Gasteiger partial charge in [0, 0.05) is 30.7 Å². The van der Waals surface area contributed by atoms with Crippen LogP contribution in [-0.4, -0.2) is 37.9 Å². The van der Waals surface area contributed by atoms with Crippen molar-refractivity contribution in [2.45, 2.75) is 6.04 Å². The molecule has 5 heteroatoms. The summed E-state index contributed by atoms with van der Waals surface area (Å²) in [6.45, 7) is 4.44. The van der Waals surface area contributed by atoms with E-state index in [1.807, 2.05) is 6.07 Å². The van der Waals surface area contributed by atoms with Gasteiger partial charge in [0.1, 0.15) is 0 Å². The van der Waals surface area contributed by atoms with E-state index >= 15 is 0 Å². The largest absolute Gasteiger partial charge is 0.454 e. The highest BCUT2D eigenvalue weighted by Crippen LogP contribution is 2.38. The lowest BCUT2D eigenvalue weighted by atomic mass is 9.96. The van der Waals surface area contributed by atoms with Gasteiger partial charge >= 0.3 is 0 Å². The minimum atomic E-state index is 0.236. The predicted octanol–water partition coefficient (Wildman–Crippen LogP) is 3.17. The van der Waals surface area contributed by atoms with Gasteiger partial charge in [-0.1, -0.05) is 34.1 Å². The van der Waals surface area contributed by atoms with E-state index in [9.17, 15) is 0 Å². The number of fused-ring (bicyclic) bond motifs is 1. The fraction of sp³-hybridized carbons (Fsp3) is 0.333. The molecular weight excluding hydrogens is 356 g/mol. The highest BCUT2D eigenvalue weighted by molar-refractivity contribution is 9.10. The number of nitrogens with zero attached hydrogens (tertiary/aromatic N) is 1. The van der Waals surface area contributed by atoms with E-state index in [-0.39, 0.29) is 6.04 Å². The number of hydrogen-bond donors (Lipinski definition) is 1. The summed E-state index contributed by atoms with van der Waals surface area (Å²) >= 11 is 3.53. The Morgan fingerprint density at radius 3 is 2.39 bits per heavy atom. The molecule has 1 unspecified atom stereocenters. The van der Waals surface area contributed by atoms with E-state index in [0.717, 1.165) is 42.2 Å². The van der Waals surface area contributed by atoms with Crippen LogP contribution in [0, 0.1) is 0 Å². The minimum absolute atomic E-state index is 0.236. The van der Waals surface area contributed by atoms with Gasteiger partial charge in [0.25, 0.3) is 0 Å². The Balaban J connectivity index is 1.73. The van der Waals surface area contributed by atoms with Crippen LogP contribution in [0.25, 0.3) is 0 Å². The van der Waals surface area contributed by atoms with Gasteiger partial charge in [-0.25, -0.2) is 0 Å². The average Bonchev–Trinajstić information content (AvgIpc) is 3.06. The van der Waals surface area contributed by atoms with Gasteiger partial charge in [-0.2, -0.15) is 0 Å². The Kier molecular flexibility index (Phi) is 4.25. The van der Waals surface area contributed by atoms with Crippen molar-refractivity contribution < 1.29 is 9.47 Å². The molecule has 4 nitrogen and oxygen atoms in total. The summed E-state index contributed by atoms with van der Waals surface area (Å²) in [4.78, 5) is 2.53. The van der Waals surface area contributed by atoms with Gasteiger partial charge in [0.2, 0.25) is 6.79 Å². The maximum atomic E-state index is 5.57. The number of piperazine rings is 1. The third kappa shape index (κ3) is 3.09. The molecule has 2 aliphatic heterocycles. The molecule has 0 amide bonds. The SMILES string of the molecule is Brc1ccc(C(c2ccc3c(c2)OCO3)N2CCNCC2)cc1. The van der Waals surface area contributed by atoms with Crippen LogP contribution in [0.4, 0.5) is 0 Å². The van der Waals surface area contributed by atoms with Crippen molar-refractivity contribution in [3.8, 4) is 11.5 Å². The molecule has 2 aromatic carbocycles. The highest BCUT2D eigenvalue weighted by atomic mass is 79.9. The maximum absolute atomic E-state index is 5.57. The van der Waals surface area contributed by atoms with Crippen LogP contribution < -0.4 is 14.8 Å². The molecule has 0 aromatic heterocycles. The first-order valence-corrected chi connectivity index (χ1v) is 8.70. The van der Waals surface area contributed by atoms with Gasteiger partial charge in [0.05, 0.1) is 6.04 Å². The highest BCUT2D eigenvalue weighted by Gasteiger charge is 2.25. The first-order valence-electron chi connectivity index (χ1n) is 7.91. The fourth-order valence-corrected chi connectivity index (χ4v) is 3.55. The van der Waals surface area contributed by atoms with Gasteiger partial charge in [-0.3, -0.25) is 4.90 Å². The summed E-state index contributed by atoms with van der Waals surface area (Å²) < 4.78 is 12.1. The Morgan fingerprint density at radius 1 is 0.913 bits per heavy atom. The summed E-state index contributed by atoms with van der Waals surface area (Å²) in [6, 6.07) is 15.1. The quantitative estimate of drug-likeness (QED) is 0.894. The number of ether oxygens (including phenoxy) is 2. The Labute approximate surface area is 144 Å². The maximum Gasteiger partial charge on any atom is 0.231 e. The van der Waals surface area contributed by atoms with Gasteiger partial charge in [-0.15, -0.1) is 0 Å². The fourth-order valence-electron chi connectivity index (χ4n) is 3.28. The zero-order valence-corrected chi connectivity index (χ0v) is 14.4. The second kappa shape index (κ2) is 6.51. The smallest absolute Gasteiger partial charge is 0.231 e. The van der Waals surface area contributed by atoms with Crippen LogP contribution in [-0.2, 0) is 0 Å². The molecule has 4 rings (SSSR count). The summed E-state index contributed by atoms with van der Waals surface area (Å²) in [6.07, 6.45) is 0. The third-order valence-electron chi connectivity index (χ3n) is 4.41. The van der Waals surface area contributed by atoms with Crippen molar-refractivity contribution in [1.82, 2.24) is 10.2 Å². The molecule has 2 heterocycles. The lowest BCUT2D eigenvalue weighted by molar-refractivity contribution is 0.173. The van der Waals surface area contributed by atoms with Crippen molar-refractivity contribution in [3.05, 3.63) is 58.1 Å². The Morgan fingerprint density at radius 2 is 1.61 bits per heavy atom. The van der Waals surface area contributed by atoms with Crippen molar-refractivity contribution in [2.24, 2.45) is 0 Å². The van der Waals surface area contributed by atoms with E-state index < -0.39 is 0 Å². The molecule has 0 spiro atoms. The standard InChI is InChI=1S/C18H19BrN2O2/c19-15-4-1-13(2-5-15)18(21-9-7-20-8-10-21)14-3-6-16-17(11-14)23-12-22-16/h1-6,11,18,20H,7-10,12H2. The lowest BCUT2D eigenvalue weighted by Gasteiger charge is -2.35. The Bertz CT molecular complexity index is 684. The van der Waals surface area contributed by atoms with Crippen LogP contribution in [0.2, 0.25) is 0 Å². The number of rotatable bonds is 3. The van der Waals surface area contributed by atoms with E-state index in [2.05, 4.69) is 62.5 Å². The molecule has 1 saturated heterocycles. The van der Waals surface area contributed by atoms with Gasteiger partial charge in [0.15, 0.2) is 11.5 Å². The third-order valence-corrected chi connectivity index (χ3v) is 4.94. The molecule has 1 N–H and O–H groups in total. The first-order chi connectivity index (χ1) is 11.3. The molecule has 1 fully saturated rings. The van der Waals surface area contributed by atoms with Crippen LogP contribution in [0.5, 0.6) is 11.5 Å². The number of nitrogens with one attached hydrogen (secondary N) is 1. The normalized spacial score (nSPS) is 18.8. The molecule has 2 aliphatic rings. The van der Waals surface area contributed by atoms with Crippen molar-refractivity contribution in [2.75, 3.05) is 33.0 Å². The van der Waals surface area contributed by atoms with Crippen LogP contribution in [0.1, 0.15) is 17.2 Å². The van der Waals surface area contributed by atoms with Crippen molar-refractivity contribution in [3.63, 3.8) is 0 Å². The zero-order chi connectivity index (χ0) is 15.6. The predicted molar refractivity (Wildman–Crippen MR) is 93.0 cm³/mol. The first kappa shape index (κ1) is 15.0. The molecule has 2 aromatic rings. The van der Waals surface area contributed by atoms with E-state index in [4.69, 9.17) is 9.47 Å².